The lowest BCUT2D eigenvalue weighted by Crippen LogP contribution is -2.48. The lowest BCUT2D eigenvalue weighted by molar-refractivity contribution is -0.140. The number of aryl methyl sites for hydroxylation is 1. The van der Waals surface area contributed by atoms with E-state index in [9.17, 15) is 9.59 Å². The maximum atomic E-state index is 13.4. The summed E-state index contributed by atoms with van der Waals surface area (Å²) in [5.74, 6) is 2.21. The van der Waals surface area contributed by atoms with Crippen molar-refractivity contribution in [1.29, 1.82) is 0 Å². The van der Waals surface area contributed by atoms with E-state index in [2.05, 4.69) is 5.32 Å². The fraction of sp³-hybridized carbons (Fsp3) is 0.500. The van der Waals surface area contributed by atoms with Gasteiger partial charge in [-0.25, -0.2) is 0 Å². The second kappa shape index (κ2) is 14.2. The van der Waals surface area contributed by atoms with E-state index in [1.807, 2.05) is 70.2 Å². The van der Waals surface area contributed by atoms with Gasteiger partial charge in [0.2, 0.25) is 11.8 Å². The van der Waals surface area contributed by atoms with Gasteiger partial charge >= 0.3 is 0 Å². The first-order chi connectivity index (χ1) is 16.8. The van der Waals surface area contributed by atoms with Crippen molar-refractivity contribution in [1.82, 2.24) is 10.2 Å². The van der Waals surface area contributed by atoms with Crippen LogP contribution in [0.25, 0.3) is 0 Å². The van der Waals surface area contributed by atoms with E-state index in [4.69, 9.17) is 14.2 Å². The first-order valence-corrected chi connectivity index (χ1v) is 12.4. The Labute approximate surface area is 209 Å². The van der Waals surface area contributed by atoms with Gasteiger partial charge in [-0.15, -0.1) is 0 Å². The highest BCUT2D eigenvalue weighted by molar-refractivity contribution is 5.87. The van der Waals surface area contributed by atoms with E-state index >= 15 is 0 Å². The first kappa shape index (κ1) is 28.0. The number of methoxy groups -OCH3 is 1. The molecule has 0 fully saturated rings. The number of rotatable bonds is 14. The Morgan fingerprint density at radius 1 is 0.914 bits per heavy atom. The molecular weight excluding hydrogens is 444 g/mol. The van der Waals surface area contributed by atoms with Crippen molar-refractivity contribution in [2.75, 3.05) is 26.9 Å². The molecular formula is C28H40N2O5. The van der Waals surface area contributed by atoms with Crippen LogP contribution in [-0.4, -0.2) is 49.6 Å². The Balaban J connectivity index is 2.17. The Bertz CT molecular complexity index is 943. The molecule has 1 N–H and O–H groups in total. The largest absolute Gasteiger partial charge is 0.497 e. The fourth-order valence-electron chi connectivity index (χ4n) is 3.61. The number of ether oxygens (including phenoxy) is 3. The van der Waals surface area contributed by atoms with Gasteiger partial charge in [0.05, 0.1) is 20.3 Å². The monoisotopic (exact) mass is 484 g/mol. The predicted molar refractivity (Wildman–Crippen MR) is 138 cm³/mol. The smallest absolute Gasteiger partial charge is 0.242 e. The molecule has 0 aromatic heterocycles. The molecule has 0 heterocycles. The summed E-state index contributed by atoms with van der Waals surface area (Å²) in [5, 5.41) is 2.95. The summed E-state index contributed by atoms with van der Waals surface area (Å²) in [6, 6.07) is 12.7. The first-order valence-electron chi connectivity index (χ1n) is 12.4. The van der Waals surface area contributed by atoms with Crippen molar-refractivity contribution in [2.45, 2.75) is 60.0 Å². The van der Waals surface area contributed by atoms with Gasteiger partial charge in [-0.05, 0) is 68.5 Å². The van der Waals surface area contributed by atoms with Crippen molar-refractivity contribution >= 4 is 11.8 Å². The minimum Gasteiger partial charge on any atom is -0.497 e. The Hall–Kier alpha value is -3.22. The highest BCUT2D eigenvalue weighted by atomic mass is 16.5. The lowest BCUT2D eigenvalue weighted by atomic mass is 10.1. The van der Waals surface area contributed by atoms with E-state index in [0.29, 0.717) is 50.1 Å². The third-order valence-electron chi connectivity index (χ3n) is 5.60. The van der Waals surface area contributed by atoms with Gasteiger partial charge in [0.1, 0.15) is 11.8 Å². The third-order valence-corrected chi connectivity index (χ3v) is 5.60. The van der Waals surface area contributed by atoms with E-state index in [-0.39, 0.29) is 18.2 Å². The van der Waals surface area contributed by atoms with Crippen molar-refractivity contribution in [3.8, 4) is 17.2 Å². The second-order valence-electron chi connectivity index (χ2n) is 8.83. The molecule has 0 aliphatic carbocycles. The van der Waals surface area contributed by atoms with Crippen LogP contribution < -0.4 is 19.5 Å². The van der Waals surface area contributed by atoms with Gasteiger partial charge in [-0.3, -0.25) is 9.59 Å². The number of hydrogen-bond donors (Lipinski definition) is 1. The molecule has 0 radical (unpaired) electrons. The summed E-state index contributed by atoms with van der Waals surface area (Å²) in [5.41, 5.74) is 1.91. The molecule has 0 aliphatic heterocycles. The third kappa shape index (κ3) is 8.81. The Morgan fingerprint density at radius 2 is 1.54 bits per heavy atom. The molecule has 0 spiro atoms. The summed E-state index contributed by atoms with van der Waals surface area (Å²) in [7, 11) is 1.61. The molecule has 35 heavy (non-hydrogen) atoms. The maximum Gasteiger partial charge on any atom is 0.242 e. The topological polar surface area (TPSA) is 77.1 Å². The summed E-state index contributed by atoms with van der Waals surface area (Å²) in [4.78, 5) is 27.8. The Kier molecular flexibility index (Phi) is 11.4. The van der Waals surface area contributed by atoms with Crippen molar-refractivity contribution < 1.29 is 23.8 Å². The molecule has 2 amide bonds. The minimum absolute atomic E-state index is 0.0835. The van der Waals surface area contributed by atoms with Crippen molar-refractivity contribution in [3.05, 3.63) is 53.6 Å². The molecule has 0 unspecified atom stereocenters. The minimum atomic E-state index is -0.595. The van der Waals surface area contributed by atoms with Crippen LogP contribution in [0.4, 0.5) is 0 Å². The Morgan fingerprint density at radius 3 is 2.14 bits per heavy atom. The molecule has 0 saturated carbocycles. The standard InChI is InChI=1S/C28H40N2O5/c1-7-34-25-15-11-22(17-26(25)35-8-2)12-16-27(31)30(21(5)28(32)29-18-20(3)4)19-23-9-13-24(33-6)14-10-23/h9-11,13-15,17,20-21H,7-8,12,16,18-19H2,1-6H3,(H,29,32)/t21-/m0/s1. The number of nitrogens with zero attached hydrogens (tertiary/aromatic N) is 1. The lowest BCUT2D eigenvalue weighted by Gasteiger charge is -2.29. The zero-order valence-corrected chi connectivity index (χ0v) is 21.9. The van der Waals surface area contributed by atoms with Crippen LogP contribution in [0, 0.1) is 5.92 Å². The van der Waals surface area contributed by atoms with E-state index in [1.165, 1.54) is 0 Å². The van der Waals surface area contributed by atoms with Gasteiger partial charge in [-0.2, -0.15) is 0 Å². The average molecular weight is 485 g/mol. The number of amides is 2. The molecule has 7 nitrogen and oxygen atoms in total. The molecule has 0 saturated heterocycles. The normalized spacial score (nSPS) is 11.6. The highest BCUT2D eigenvalue weighted by Gasteiger charge is 2.26. The van der Waals surface area contributed by atoms with Crippen LogP contribution in [0.2, 0.25) is 0 Å². The molecule has 0 aliphatic rings. The van der Waals surface area contributed by atoms with Crippen molar-refractivity contribution in [2.24, 2.45) is 5.92 Å². The van der Waals surface area contributed by atoms with E-state index in [0.717, 1.165) is 16.9 Å². The van der Waals surface area contributed by atoms with E-state index in [1.54, 1.807) is 18.9 Å². The van der Waals surface area contributed by atoms with Gasteiger partial charge in [0.25, 0.3) is 0 Å². The van der Waals surface area contributed by atoms with Crippen LogP contribution in [-0.2, 0) is 22.6 Å². The number of benzene rings is 2. The van der Waals surface area contributed by atoms with Crippen LogP contribution >= 0.6 is 0 Å². The maximum absolute atomic E-state index is 13.4. The average Bonchev–Trinajstić information content (AvgIpc) is 2.85. The van der Waals surface area contributed by atoms with Crippen molar-refractivity contribution in [3.63, 3.8) is 0 Å². The second-order valence-corrected chi connectivity index (χ2v) is 8.83. The number of carbonyl (C=O) groups excluding carboxylic acids is 2. The number of carbonyl (C=O) groups is 2. The van der Waals surface area contributed by atoms with Gasteiger partial charge in [0.15, 0.2) is 11.5 Å². The summed E-state index contributed by atoms with van der Waals surface area (Å²) in [6.07, 6.45) is 0.808. The number of hydrogen-bond acceptors (Lipinski definition) is 5. The summed E-state index contributed by atoms with van der Waals surface area (Å²) >= 11 is 0. The summed E-state index contributed by atoms with van der Waals surface area (Å²) in [6.45, 7) is 11.7. The van der Waals surface area contributed by atoms with Crippen LogP contribution in [0.3, 0.4) is 0 Å². The highest BCUT2D eigenvalue weighted by Crippen LogP contribution is 2.29. The molecule has 2 rings (SSSR count). The quantitative estimate of drug-likeness (QED) is 0.424. The van der Waals surface area contributed by atoms with Crippen LogP contribution in [0.1, 0.15) is 52.2 Å². The van der Waals surface area contributed by atoms with Gasteiger partial charge < -0.3 is 24.4 Å². The molecule has 2 aromatic rings. The zero-order chi connectivity index (χ0) is 25.8. The fourth-order valence-corrected chi connectivity index (χ4v) is 3.61. The molecule has 7 heteroatoms. The van der Waals surface area contributed by atoms with Crippen LogP contribution in [0.5, 0.6) is 17.2 Å². The molecule has 1 atom stereocenters. The SMILES string of the molecule is CCOc1ccc(CCC(=O)N(Cc2ccc(OC)cc2)[C@@H](C)C(=O)NCC(C)C)cc1OCC. The van der Waals surface area contributed by atoms with E-state index < -0.39 is 6.04 Å². The molecule has 0 bridgehead atoms. The zero-order valence-electron chi connectivity index (χ0n) is 21.9. The molecule has 2 aromatic carbocycles. The summed E-state index contributed by atoms with van der Waals surface area (Å²) < 4.78 is 16.6. The van der Waals surface area contributed by atoms with Crippen LogP contribution in [0.15, 0.2) is 42.5 Å². The van der Waals surface area contributed by atoms with Gasteiger partial charge in [0, 0.05) is 19.5 Å². The molecule has 192 valence electrons. The number of nitrogens with one attached hydrogen (secondary N) is 1. The van der Waals surface area contributed by atoms with Gasteiger partial charge in [-0.1, -0.05) is 32.0 Å². The predicted octanol–water partition coefficient (Wildman–Crippen LogP) is 4.61.